The van der Waals surface area contributed by atoms with Crippen LogP contribution < -0.4 is 19.6 Å². The van der Waals surface area contributed by atoms with Crippen LogP contribution in [0, 0.1) is 0 Å². The lowest BCUT2D eigenvalue weighted by atomic mass is 10.2. The molecule has 1 amide bonds. The summed E-state index contributed by atoms with van der Waals surface area (Å²) in [4.78, 5) is 12.0. The number of nitrogens with zero attached hydrogens (tertiary/aromatic N) is 1. The standard InChI is InChI=1S/C23H29BrN2O4/c1-4-17-9-11-20(19(24)14-17)30-13-7-8-23(27)26-25-16-18-10-12-21(28-5-2)22(15-18)29-6-3/h9-12,14-16H,4-8,13H2,1-3H3,(H,26,27)/b25-16+. The summed E-state index contributed by atoms with van der Waals surface area (Å²) in [5.41, 5.74) is 4.60. The van der Waals surface area contributed by atoms with Crippen LogP contribution in [0.1, 0.15) is 44.7 Å². The molecular weight excluding hydrogens is 448 g/mol. The lowest BCUT2D eigenvalue weighted by Gasteiger charge is -2.11. The zero-order valence-electron chi connectivity index (χ0n) is 17.7. The van der Waals surface area contributed by atoms with Crippen LogP contribution in [0.3, 0.4) is 0 Å². The lowest BCUT2D eigenvalue weighted by Crippen LogP contribution is -2.18. The Balaban J connectivity index is 1.76. The third-order valence-electron chi connectivity index (χ3n) is 4.18. The molecule has 0 saturated carbocycles. The van der Waals surface area contributed by atoms with E-state index in [-0.39, 0.29) is 5.91 Å². The Morgan fingerprint density at radius 3 is 2.43 bits per heavy atom. The first-order chi connectivity index (χ1) is 14.6. The van der Waals surface area contributed by atoms with Gasteiger partial charge in [-0.15, -0.1) is 0 Å². The van der Waals surface area contributed by atoms with Crippen LogP contribution in [0.4, 0.5) is 0 Å². The minimum atomic E-state index is -0.161. The molecule has 0 heterocycles. The first kappa shape index (κ1) is 23.7. The second-order valence-electron chi connectivity index (χ2n) is 6.44. The average Bonchev–Trinajstić information content (AvgIpc) is 2.74. The Bertz CT molecular complexity index is 855. The van der Waals surface area contributed by atoms with Crippen LogP contribution >= 0.6 is 15.9 Å². The number of halogens is 1. The SMILES string of the molecule is CCOc1ccc(/C=N/NC(=O)CCCOc2ccc(CC)cc2Br)cc1OCC. The molecule has 0 bridgehead atoms. The predicted octanol–water partition coefficient (Wildman–Crippen LogP) is 5.12. The number of aryl methyl sites for hydroxylation is 1. The Morgan fingerprint density at radius 1 is 1.00 bits per heavy atom. The van der Waals surface area contributed by atoms with Gasteiger partial charge in [-0.05, 0) is 84.1 Å². The molecule has 2 aromatic carbocycles. The van der Waals surface area contributed by atoms with E-state index in [0.29, 0.717) is 44.2 Å². The van der Waals surface area contributed by atoms with Crippen molar-refractivity contribution in [2.45, 2.75) is 40.0 Å². The van der Waals surface area contributed by atoms with Crippen molar-refractivity contribution in [3.63, 3.8) is 0 Å². The largest absolute Gasteiger partial charge is 0.492 e. The zero-order chi connectivity index (χ0) is 21.8. The van der Waals surface area contributed by atoms with Crippen LogP contribution in [0.2, 0.25) is 0 Å². The lowest BCUT2D eigenvalue weighted by molar-refractivity contribution is -0.121. The van der Waals surface area contributed by atoms with Gasteiger partial charge < -0.3 is 14.2 Å². The summed E-state index contributed by atoms with van der Waals surface area (Å²) >= 11 is 3.51. The molecule has 7 heteroatoms. The molecular formula is C23H29BrN2O4. The maximum Gasteiger partial charge on any atom is 0.240 e. The molecule has 30 heavy (non-hydrogen) atoms. The molecule has 0 aliphatic rings. The molecule has 0 unspecified atom stereocenters. The molecule has 2 rings (SSSR count). The van der Waals surface area contributed by atoms with Crippen molar-refractivity contribution < 1.29 is 19.0 Å². The highest BCUT2D eigenvalue weighted by atomic mass is 79.9. The fourth-order valence-corrected chi connectivity index (χ4v) is 3.22. The molecule has 0 spiro atoms. The first-order valence-corrected chi connectivity index (χ1v) is 11.0. The number of hydrogen-bond donors (Lipinski definition) is 1. The molecule has 1 N–H and O–H groups in total. The number of amides is 1. The second-order valence-corrected chi connectivity index (χ2v) is 7.29. The number of hydrazone groups is 1. The number of hydrogen-bond acceptors (Lipinski definition) is 5. The van der Waals surface area contributed by atoms with E-state index in [2.05, 4.69) is 39.4 Å². The minimum Gasteiger partial charge on any atom is -0.492 e. The van der Waals surface area contributed by atoms with Crippen LogP contribution in [-0.2, 0) is 11.2 Å². The Labute approximate surface area is 186 Å². The van der Waals surface area contributed by atoms with Crippen LogP contribution in [0.5, 0.6) is 17.2 Å². The first-order valence-electron chi connectivity index (χ1n) is 10.2. The van der Waals surface area contributed by atoms with Crippen molar-refractivity contribution in [2.75, 3.05) is 19.8 Å². The van der Waals surface area contributed by atoms with Crippen molar-refractivity contribution in [1.29, 1.82) is 0 Å². The second kappa shape index (κ2) is 12.9. The van der Waals surface area contributed by atoms with E-state index in [1.807, 2.05) is 44.2 Å². The van der Waals surface area contributed by atoms with E-state index in [9.17, 15) is 4.79 Å². The number of carbonyl (C=O) groups is 1. The number of carbonyl (C=O) groups excluding carboxylic acids is 1. The van der Waals surface area contributed by atoms with Gasteiger partial charge in [0.15, 0.2) is 11.5 Å². The maximum atomic E-state index is 12.0. The zero-order valence-corrected chi connectivity index (χ0v) is 19.3. The molecule has 0 aliphatic heterocycles. The Hall–Kier alpha value is -2.54. The fourth-order valence-electron chi connectivity index (χ4n) is 2.68. The van der Waals surface area contributed by atoms with E-state index in [1.165, 1.54) is 5.56 Å². The van der Waals surface area contributed by atoms with Crippen LogP contribution in [0.25, 0.3) is 0 Å². The summed E-state index contributed by atoms with van der Waals surface area (Å²) in [5.74, 6) is 1.97. The maximum absolute atomic E-state index is 12.0. The summed E-state index contributed by atoms with van der Waals surface area (Å²) in [5, 5.41) is 4.02. The molecule has 0 fully saturated rings. The molecule has 6 nitrogen and oxygen atoms in total. The van der Waals surface area contributed by atoms with Crippen molar-refractivity contribution in [3.05, 3.63) is 52.0 Å². The molecule has 0 saturated heterocycles. The third kappa shape index (κ3) is 7.71. The van der Waals surface area contributed by atoms with E-state index in [4.69, 9.17) is 14.2 Å². The monoisotopic (exact) mass is 476 g/mol. The molecule has 0 radical (unpaired) electrons. The summed E-state index contributed by atoms with van der Waals surface area (Å²) in [6.45, 7) is 7.51. The van der Waals surface area contributed by atoms with Crippen LogP contribution in [-0.4, -0.2) is 31.9 Å². The number of ether oxygens (including phenoxy) is 3. The van der Waals surface area contributed by atoms with E-state index >= 15 is 0 Å². The van der Waals surface area contributed by atoms with E-state index in [0.717, 1.165) is 22.2 Å². The third-order valence-corrected chi connectivity index (χ3v) is 4.80. The fraction of sp³-hybridized carbons (Fsp3) is 0.391. The average molecular weight is 477 g/mol. The van der Waals surface area contributed by atoms with Gasteiger partial charge in [-0.3, -0.25) is 4.79 Å². The van der Waals surface area contributed by atoms with E-state index in [1.54, 1.807) is 6.21 Å². The van der Waals surface area contributed by atoms with Gasteiger partial charge in [0.05, 0.1) is 30.5 Å². The molecule has 2 aromatic rings. The van der Waals surface area contributed by atoms with Crippen molar-refractivity contribution in [3.8, 4) is 17.2 Å². The smallest absolute Gasteiger partial charge is 0.240 e. The van der Waals surface area contributed by atoms with Crippen molar-refractivity contribution in [1.82, 2.24) is 5.43 Å². The van der Waals surface area contributed by atoms with Gasteiger partial charge in [-0.25, -0.2) is 5.43 Å². The van der Waals surface area contributed by atoms with Gasteiger partial charge in [0.25, 0.3) is 0 Å². The molecule has 0 aliphatic carbocycles. The van der Waals surface area contributed by atoms with Crippen molar-refractivity contribution in [2.24, 2.45) is 5.10 Å². The Kier molecular flexibility index (Phi) is 10.2. The highest BCUT2D eigenvalue weighted by Crippen LogP contribution is 2.28. The number of benzene rings is 2. The predicted molar refractivity (Wildman–Crippen MR) is 123 cm³/mol. The number of rotatable bonds is 12. The summed E-state index contributed by atoms with van der Waals surface area (Å²) in [6, 6.07) is 11.6. The normalized spacial score (nSPS) is 10.8. The minimum absolute atomic E-state index is 0.161. The highest BCUT2D eigenvalue weighted by molar-refractivity contribution is 9.10. The molecule has 162 valence electrons. The summed E-state index contributed by atoms with van der Waals surface area (Å²) in [7, 11) is 0. The highest BCUT2D eigenvalue weighted by Gasteiger charge is 2.06. The molecule has 0 atom stereocenters. The molecule has 0 aromatic heterocycles. The quantitative estimate of drug-likeness (QED) is 0.262. The van der Waals surface area contributed by atoms with Crippen molar-refractivity contribution >= 4 is 28.1 Å². The Morgan fingerprint density at radius 2 is 1.73 bits per heavy atom. The van der Waals surface area contributed by atoms with Gasteiger partial charge in [0, 0.05) is 6.42 Å². The van der Waals surface area contributed by atoms with Gasteiger partial charge in [-0.1, -0.05) is 13.0 Å². The summed E-state index contributed by atoms with van der Waals surface area (Å²) in [6.07, 6.45) is 3.48. The number of nitrogens with one attached hydrogen (secondary N) is 1. The topological polar surface area (TPSA) is 69.2 Å². The van der Waals surface area contributed by atoms with Gasteiger partial charge in [0.1, 0.15) is 5.75 Å². The van der Waals surface area contributed by atoms with Gasteiger partial charge in [-0.2, -0.15) is 5.10 Å². The van der Waals surface area contributed by atoms with Crippen LogP contribution in [0.15, 0.2) is 46.0 Å². The van der Waals surface area contributed by atoms with Gasteiger partial charge in [0.2, 0.25) is 5.91 Å². The summed E-state index contributed by atoms with van der Waals surface area (Å²) < 4.78 is 17.8. The van der Waals surface area contributed by atoms with E-state index < -0.39 is 0 Å². The van der Waals surface area contributed by atoms with Gasteiger partial charge >= 0.3 is 0 Å².